The summed E-state index contributed by atoms with van der Waals surface area (Å²) in [5, 5.41) is 0. The smallest absolute Gasteiger partial charge is 0.240 e. The third-order valence-corrected chi connectivity index (χ3v) is 5.19. The third kappa shape index (κ3) is 3.60. The van der Waals surface area contributed by atoms with E-state index in [-0.39, 0.29) is 6.54 Å². The Kier molecular flexibility index (Phi) is 4.48. The molecule has 0 saturated heterocycles. The number of hydrogen-bond acceptors (Lipinski definition) is 3. The molecule has 0 amide bonds. The number of sulfonamides is 1. The highest BCUT2D eigenvalue weighted by Gasteiger charge is 2.33. The standard InChI is InChI=1S/C15H20N2O2S/c1-11-5-6-13(4-3-7-16)9-15(11)20(18,19)17-10-14-8-12(14)2/h5-6,9,12,14,17H,7-8,10,16H2,1-2H3. The predicted molar refractivity (Wildman–Crippen MR) is 79.6 cm³/mol. The average Bonchev–Trinajstić information content (AvgIpc) is 3.11. The minimum Gasteiger partial charge on any atom is -0.320 e. The van der Waals surface area contributed by atoms with Gasteiger partial charge in [-0.15, -0.1) is 0 Å². The van der Waals surface area contributed by atoms with Crippen LogP contribution in [-0.4, -0.2) is 21.5 Å². The fraction of sp³-hybridized carbons (Fsp3) is 0.467. The van der Waals surface area contributed by atoms with Gasteiger partial charge in [-0.1, -0.05) is 24.8 Å². The number of nitrogens with one attached hydrogen (secondary N) is 1. The van der Waals surface area contributed by atoms with Crippen LogP contribution in [0.3, 0.4) is 0 Å². The van der Waals surface area contributed by atoms with Crippen molar-refractivity contribution >= 4 is 10.0 Å². The molecule has 3 N–H and O–H groups in total. The van der Waals surface area contributed by atoms with E-state index in [1.54, 1.807) is 25.1 Å². The zero-order valence-electron chi connectivity index (χ0n) is 11.8. The van der Waals surface area contributed by atoms with Crippen molar-refractivity contribution < 1.29 is 8.42 Å². The van der Waals surface area contributed by atoms with Crippen LogP contribution in [0.25, 0.3) is 0 Å². The number of rotatable bonds is 4. The maximum absolute atomic E-state index is 12.3. The number of nitrogens with two attached hydrogens (primary N) is 1. The van der Waals surface area contributed by atoms with Crippen molar-refractivity contribution in [3.05, 3.63) is 29.3 Å². The Morgan fingerprint density at radius 1 is 1.45 bits per heavy atom. The van der Waals surface area contributed by atoms with Crippen molar-refractivity contribution in [2.45, 2.75) is 25.2 Å². The van der Waals surface area contributed by atoms with Crippen LogP contribution in [0.5, 0.6) is 0 Å². The molecule has 0 spiro atoms. The van der Waals surface area contributed by atoms with Gasteiger partial charge in [-0.3, -0.25) is 0 Å². The molecule has 2 unspecified atom stereocenters. The molecule has 1 aromatic rings. The van der Waals surface area contributed by atoms with Crippen LogP contribution in [0, 0.1) is 30.6 Å². The summed E-state index contributed by atoms with van der Waals surface area (Å²) >= 11 is 0. The molecule has 1 aliphatic carbocycles. The number of hydrogen-bond donors (Lipinski definition) is 2. The van der Waals surface area contributed by atoms with E-state index in [1.165, 1.54) is 0 Å². The van der Waals surface area contributed by atoms with Gasteiger partial charge in [-0.25, -0.2) is 13.1 Å². The van der Waals surface area contributed by atoms with Gasteiger partial charge in [0.2, 0.25) is 10.0 Å². The first-order valence-corrected chi connectivity index (χ1v) is 8.21. The van der Waals surface area contributed by atoms with E-state index in [0.717, 1.165) is 12.0 Å². The minimum absolute atomic E-state index is 0.258. The van der Waals surface area contributed by atoms with E-state index in [9.17, 15) is 8.42 Å². The highest BCUT2D eigenvalue weighted by atomic mass is 32.2. The van der Waals surface area contributed by atoms with Gasteiger partial charge in [-0.05, 0) is 42.9 Å². The van der Waals surface area contributed by atoms with Crippen LogP contribution < -0.4 is 10.5 Å². The third-order valence-electron chi connectivity index (χ3n) is 3.62. The lowest BCUT2D eigenvalue weighted by Gasteiger charge is -2.09. The molecule has 4 nitrogen and oxygen atoms in total. The summed E-state index contributed by atoms with van der Waals surface area (Å²) in [5.74, 6) is 6.69. The lowest BCUT2D eigenvalue weighted by Crippen LogP contribution is -2.26. The zero-order chi connectivity index (χ0) is 14.8. The lowest BCUT2D eigenvalue weighted by atomic mass is 10.1. The van der Waals surface area contributed by atoms with Gasteiger partial charge in [-0.2, -0.15) is 0 Å². The van der Waals surface area contributed by atoms with Gasteiger partial charge < -0.3 is 5.73 Å². The van der Waals surface area contributed by atoms with Crippen molar-refractivity contribution in [3.63, 3.8) is 0 Å². The van der Waals surface area contributed by atoms with E-state index in [4.69, 9.17) is 5.73 Å². The van der Waals surface area contributed by atoms with Crippen LogP contribution in [0.1, 0.15) is 24.5 Å². The first-order valence-electron chi connectivity index (χ1n) is 6.73. The zero-order valence-corrected chi connectivity index (χ0v) is 12.6. The van der Waals surface area contributed by atoms with Crippen molar-refractivity contribution in [3.8, 4) is 11.8 Å². The Labute approximate surface area is 120 Å². The molecule has 1 aromatic carbocycles. The molecular formula is C15H20N2O2S. The predicted octanol–water partition coefficient (Wildman–Crippen LogP) is 1.24. The Morgan fingerprint density at radius 2 is 2.15 bits per heavy atom. The fourth-order valence-electron chi connectivity index (χ4n) is 2.10. The van der Waals surface area contributed by atoms with Gasteiger partial charge in [0.05, 0.1) is 11.4 Å². The molecule has 0 heterocycles. The summed E-state index contributed by atoms with van der Waals surface area (Å²) in [6.07, 6.45) is 1.10. The monoisotopic (exact) mass is 292 g/mol. The number of benzene rings is 1. The Balaban J connectivity index is 2.20. The minimum atomic E-state index is -3.47. The quantitative estimate of drug-likeness (QED) is 0.820. The average molecular weight is 292 g/mol. The Morgan fingerprint density at radius 3 is 2.75 bits per heavy atom. The molecule has 0 aromatic heterocycles. The van der Waals surface area contributed by atoms with E-state index in [0.29, 0.717) is 28.8 Å². The molecule has 1 fully saturated rings. The van der Waals surface area contributed by atoms with E-state index in [2.05, 4.69) is 23.5 Å². The Hall–Kier alpha value is -1.35. The van der Waals surface area contributed by atoms with E-state index in [1.807, 2.05) is 0 Å². The molecule has 5 heteroatoms. The maximum Gasteiger partial charge on any atom is 0.240 e. The van der Waals surface area contributed by atoms with Gasteiger partial charge >= 0.3 is 0 Å². The van der Waals surface area contributed by atoms with E-state index < -0.39 is 10.0 Å². The molecule has 1 saturated carbocycles. The summed E-state index contributed by atoms with van der Waals surface area (Å²) < 4.78 is 27.4. The highest BCUT2D eigenvalue weighted by molar-refractivity contribution is 7.89. The molecule has 0 bridgehead atoms. The summed E-state index contributed by atoms with van der Waals surface area (Å²) in [6.45, 7) is 4.69. The largest absolute Gasteiger partial charge is 0.320 e. The van der Waals surface area contributed by atoms with Crippen molar-refractivity contribution in [1.82, 2.24) is 4.72 Å². The molecule has 0 aliphatic heterocycles. The summed E-state index contributed by atoms with van der Waals surface area (Å²) in [5.41, 5.74) is 6.72. The molecule has 20 heavy (non-hydrogen) atoms. The van der Waals surface area contributed by atoms with Gasteiger partial charge in [0, 0.05) is 12.1 Å². The topological polar surface area (TPSA) is 72.2 Å². The Bertz CT molecular complexity index is 656. The SMILES string of the molecule is Cc1ccc(C#CCN)cc1S(=O)(=O)NCC1CC1C. The molecule has 2 rings (SSSR count). The van der Waals surface area contributed by atoms with Crippen LogP contribution in [0.15, 0.2) is 23.1 Å². The van der Waals surface area contributed by atoms with E-state index >= 15 is 0 Å². The van der Waals surface area contributed by atoms with Gasteiger partial charge in [0.25, 0.3) is 0 Å². The first kappa shape index (κ1) is 15.0. The second-order valence-electron chi connectivity index (χ2n) is 5.31. The summed E-state index contributed by atoms with van der Waals surface area (Å²) in [7, 11) is -3.47. The fourth-order valence-corrected chi connectivity index (χ4v) is 3.46. The van der Waals surface area contributed by atoms with Crippen molar-refractivity contribution in [1.29, 1.82) is 0 Å². The van der Waals surface area contributed by atoms with Gasteiger partial charge in [0.1, 0.15) is 0 Å². The van der Waals surface area contributed by atoms with Crippen LogP contribution in [-0.2, 0) is 10.0 Å². The van der Waals surface area contributed by atoms with Gasteiger partial charge in [0.15, 0.2) is 0 Å². The molecule has 1 aliphatic rings. The summed E-state index contributed by atoms with van der Waals surface area (Å²) in [4.78, 5) is 0.301. The van der Waals surface area contributed by atoms with Crippen molar-refractivity contribution in [2.24, 2.45) is 17.6 Å². The highest BCUT2D eigenvalue weighted by Crippen LogP contribution is 2.37. The number of aryl methyl sites for hydroxylation is 1. The molecule has 2 atom stereocenters. The van der Waals surface area contributed by atoms with Crippen LogP contribution in [0.2, 0.25) is 0 Å². The van der Waals surface area contributed by atoms with Crippen molar-refractivity contribution in [2.75, 3.05) is 13.1 Å². The molecule has 0 radical (unpaired) electrons. The normalized spacial score (nSPS) is 21.1. The summed E-state index contributed by atoms with van der Waals surface area (Å²) in [6, 6.07) is 5.19. The molecule has 108 valence electrons. The maximum atomic E-state index is 12.3. The van der Waals surface area contributed by atoms with Crippen LogP contribution in [0.4, 0.5) is 0 Å². The first-order chi connectivity index (χ1) is 9.44. The lowest BCUT2D eigenvalue weighted by molar-refractivity contribution is 0.574. The second-order valence-corrected chi connectivity index (χ2v) is 7.05. The molecular weight excluding hydrogens is 272 g/mol. The van der Waals surface area contributed by atoms with Crippen LogP contribution >= 0.6 is 0 Å². The second kappa shape index (κ2) is 5.96.